The maximum Gasteiger partial charge on any atom is 0.164 e. The Morgan fingerprint density at radius 3 is 1.36 bits per heavy atom. The van der Waals surface area contributed by atoms with Crippen LogP contribution in [0.2, 0.25) is 0 Å². The molecule has 0 atom stereocenters. The summed E-state index contributed by atoms with van der Waals surface area (Å²) in [6.45, 7) is 0. The molecule has 276 valence electrons. The van der Waals surface area contributed by atoms with Crippen molar-refractivity contribution in [2.45, 2.75) is 0 Å². The lowest BCUT2D eigenvalue weighted by molar-refractivity contribution is 0.669. The highest BCUT2D eigenvalue weighted by molar-refractivity contribution is 6.13. The second-order valence-corrected chi connectivity index (χ2v) is 14.8. The van der Waals surface area contributed by atoms with E-state index in [9.17, 15) is 0 Å². The molecule has 0 amide bonds. The summed E-state index contributed by atoms with van der Waals surface area (Å²) in [7, 11) is 0. The molecule has 11 rings (SSSR count). The van der Waals surface area contributed by atoms with Crippen LogP contribution in [-0.2, 0) is 0 Å². The lowest BCUT2D eigenvalue weighted by Crippen LogP contribution is -2.00. The molecule has 0 bridgehead atoms. The Morgan fingerprint density at radius 1 is 0.271 bits per heavy atom. The first-order chi connectivity index (χ1) is 29.2. The number of furan rings is 1. The predicted molar refractivity (Wildman–Crippen MR) is 243 cm³/mol. The van der Waals surface area contributed by atoms with Crippen molar-refractivity contribution in [3.8, 4) is 78.7 Å². The van der Waals surface area contributed by atoms with E-state index in [4.69, 9.17) is 19.4 Å². The van der Waals surface area contributed by atoms with Gasteiger partial charge in [-0.25, -0.2) is 15.0 Å². The first-order valence-corrected chi connectivity index (χ1v) is 19.8. The van der Waals surface area contributed by atoms with E-state index in [0.717, 1.165) is 71.7 Å². The minimum absolute atomic E-state index is 0.581. The van der Waals surface area contributed by atoms with E-state index in [2.05, 4.69) is 176 Å². The van der Waals surface area contributed by atoms with Crippen LogP contribution in [0, 0.1) is 0 Å². The van der Waals surface area contributed by atoms with Gasteiger partial charge in [-0.3, -0.25) is 0 Å². The van der Waals surface area contributed by atoms with Gasteiger partial charge in [0.2, 0.25) is 0 Å². The number of hydrogen-bond acceptors (Lipinski definition) is 4. The lowest BCUT2D eigenvalue weighted by atomic mass is 9.91. The second kappa shape index (κ2) is 14.5. The van der Waals surface area contributed by atoms with E-state index in [1.54, 1.807) is 0 Å². The molecule has 0 unspecified atom stereocenters. The molecule has 9 aromatic carbocycles. The van der Waals surface area contributed by atoms with Gasteiger partial charge < -0.3 is 4.42 Å². The van der Waals surface area contributed by atoms with E-state index in [1.807, 2.05) is 36.4 Å². The maximum atomic E-state index is 6.66. The lowest BCUT2D eigenvalue weighted by Gasteiger charge is -2.12. The van der Waals surface area contributed by atoms with Gasteiger partial charge in [0, 0.05) is 27.5 Å². The van der Waals surface area contributed by atoms with Crippen LogP contribution in [0.1, 0.15) is 0 Å². The Labute approximate surface area is 341 Å². The van der Waals surface area contributed by atoms with Crippen LogP contribution in [0.4, 0.5) is 0 Å². The first kappa shape index (κ1) is 34.3. The third kappa shape index (κ3) is 6.53. The first-order valence-electron chi connectivity index (χ1n) is 19.8. The van der Waals surface area contributed by atoms with E-state index in [1.165, 1.54) is 22.3 Å². The van der Waals surface area contributed by atoms with Crippen LogP contribution in [0.15, 0.2) is 217 Å². The highest BCUT2D eigenvalue weighted by atomic mass is 16.3. The molecule has 0 radical (unpaired) electrons. The van der Waals surface area contributed by atoms with Gasteiger partial charge in [-0.15, -0.1) is 0 Å². The fraction of sp³-hybridized carbons (Fsp3) is 0. The highest BCUT2D eigenvalue weighted by Crippen LogP contribution is 2.41. The zero-order valence-corrected chi connectivity index (χ0v) is 32.0. The van der Waals surface area contributed by atoms with Crippen LogP contribution in [-0.4, -0.2) is 15.0 Å². The summed E-state index contributed by atoms with van der Waals surface area (Å²) in [5.74, 6) is 1.81. The molecule has 0 aliphatic rings. The molecule has 0 saturated carbocycles. The summed E-state index contributed by atoms with van der Waals surface area (Å²) >= 11 is 0. The van der Waals surface area contributed by atoms with Gasteiger partial charge in [0.15, 0.2) is 17.5 Å². The van der Waals surface area contributed by atoms with E-state index in [-0.39, 0.29) is 0 Å². The molecular weight excluding hydrogens is 719 g/mol. The molecule has 2 aromatic heterocycles. The fourth-order valence-corrected chi connectivity index (χ4v) is 8.13. The molecule has 0 aliphatic heterocycles. The average Bonchev–Trinajstić information content (AvgIpc) is 3.70. The zero-order chi connectivity index (χ0) is 39.1. The largest absolute Gasteiger partial charge is 0.456 e. The molecule has 0 aliphatic carbocycles. The Kier molecular flexibility index (Phi) is 8.45. The van der Waals surface area contributed by atoms with Crippen LogP contribution in [0.25, 0.3) is 111 Å². The summed E-state index contributed by atoms with van der Waals surface area (Å²) in [6, 6.07) is 74.2. The zero-order valence-electron chi connectivity index (χ0n) is 32.0. The standard InChI is InChI=1S/C55H35N3O/c1-5-14-36(15-6-1)41-26-24-39-25-27-42(31-44(39)30-41)54-56-53(40-20-11-4-12-21-40)57-55(58-54)43-28-29-49-51(35-43)59-50-23-13-22-48(52(49)50)47-33-45(37-16-7-2-8-17-37)32-46(34-47)38-18-9-3-10-19-38/h1-35H. The van der Waals surface area contributed by atoms with Gasteiger partial charge in [0.1, 0.15) is 11.2 Å². The minimum Gasteiger partial charge on any atom is -0.456 e. The third-order valence-electron chi connectivity index (χ3n) is 11.1. The smallest absolute Gasteiger partial charge is 0.164 e. The Hall–Kier alpha value is -7.95. The van der Waals surface area contributed by atoms with Crippen molar-refractivity contribution in [2.24, 2.45) is 0 Å². The Balaban J connectivity index is 1.04. The van der Waals surface area contributed by atoms with Gasteiger partial charge in [-0.1, -0.05) is 164 Å². The monoisotopic (exact) mass is 753 g/mol. The summed E-state index contributed by atoms with van der Waals surface area (Å²) in [5.41, 5.74) is 13.6. The summed E-state index contributed by atoms with van der Waals surface area (Å²) < 4.78 is 6.66. The highest BCUT2D eigenvalue weighted by Gasteiger charge is 2.18. The van der Waals surface area contributed by atoms with Crippen molar-refractivity contribution in [3.05, 3.63) is 212 Å². The number of nitrogens with zero attached hydrogens (tertiary/aromatic N) is 3. The molecule has 4 heteroatoms. The minimum atomic E-state index is 0.581. The Morgan fingerprint density at radius 2 is 0.746 bits per heavy atom. The molecule has 0 N–H and O–H groups in total. The number of rotatable bonds is 7. The van der Waals surface area contributed by atoms with Crippen LogP contribution < -0.4 is 0 Å². The normalized spacial score (nSPS) is 11.4. The van der Waals surface area contributed by atoms with Gasteiger partial charge in [0.25, 0.3) is 0 Å². The van der Waals surface area contributed by atoms with E-state index in [0.29, 0.717) is 17.5 Å². The SMILES string of the molecule is c1ccc(-c2cc(-c3ccccc3)cc(-c3cccc4oc5cc(-c6nc(-c7ccccc7)nc(-c7ccc8ccc(-c9ccccc9)cc8c7)n6)ccc5c34)c2)cc1. The molecule has 4 nitrogen and oxygen atoms in total. The summed E-state index contributed by atoms with van der Waals surface area (Å²) in [6.07, 6.45) is 0. The van der Waals surface area contributed by atoms with Gasteiger partial charge >= 0.3 is 0 Å². The number of fused-ring (bicyclic) bond motifs is 4. The molecule has 0 fully saturated rings. The molecule has 2 heterocycles. The summed E-state index contributed by atoms with van der Waals surface area (Å²) in [4.78, 5) is 15.2. The van der Waals surface area contributed by atoms with Crippen molar-refractivity contribution in [3.63, 3.8) is 0 Å². The summed E-state index contributed by atoms with van der Waals surface area (Å²) in [5, 5.41) is 4.39. The molecule has 59 heavy (non-hydrogen) atoms. The van der Waals surface area contributed by atoms with Crippen molar-refractivity contribution in [2.75, 3.05) is 0 Å². The van der Waals surface area contributed by atoms with E-state index < -0.39 is 0 Å². The number of benzene rings is 9. The number of hydrogen-bond donors (Lipinski definition) is 0. The molecule has 0 saturated heterocycles. The van der Waals surface area contributed by atoms with Gasteiger partial charge in [-0.2, -0.15) is 0 Å². The molecule has 11 aromatic rings. The van der Waals surface area contributed by atoms with Gasteiger partial charge in [0.05, 0.1) is 0 Å². The van der Waals surface area contributed by atoms with Crippen molar-refractivity contribution in [1.29, 1.82) is 0 Å². The van der Waals surface area contributed by atoms with Crippen molar-refractivity contribution in [1.82, 2.24) is 15.0 Å². The number of aromatic nitrogens is 3. The third-order valence-corrected chi connectivity index (χ3v) is 11.1. The topological polar surface area (TPSA) is 51.8 Å². The molecule has 0 spiro atoms. The van der Waals surface area contributed by atoms with Crippen molar-refractivity contribution >= 4 is 32.7 Å². The molecular formula is C55H35N3O. The van der Waals surface area contributed by atoms with E-state index >= 15 is 0 Å². The quantitative estimate of drug-likeness (QED) is 0.163. The van der Waals surface area contributed by atoms with Crippen LogP contribution in [0.3, 0.4) is 0 Å². The predicted octanol–water partition coefficient (Wildman–Crippen LogP) is 14.6. The maximum absolute atomic E-state index is 6.66. The van der Waals surface area contributed by atoms with Crippen molar-refractivity contribution < 1.29 is 4.42 Å². The van der Waals surface area contributed by atoms with Crippen LogP contribution in [0.5, 0.6) is 0 Å². The average molecular weight is 754 g/mol. The second-order valence-electron chi connectivity index (χ2n) is 14.8. The Bertz CT molecular complexity index is 3250. The van der Waals surface area contributed by atoms with Crippen LogP contribution >= 0.6 is 0 Å². The fourth-order valence-electron chi connectivity index (χ4n) is 8.13. The van der Waals surface area contributed by atoms with Gasteiger partial charge in [-0.05, 0) is 104 Å².